The normalized spacial score (nSPS) is 15.7. The van der Waals surface area contributed by atoms with Gasteiger partial charge in [0.25, 0.3) is 0 Å². The lowest BCUT2D eigenvalue weighted by atomic mass is 10.2. The van der Waals surface area contributed by atoms with Crippen molar-refractivity contribution in [1.82, 2.24) is 10.2 Å². The zero-order valence-electron chi connectivity index (χ0n) is 11.4. The van der Waals surface area contributed by atoms with E-state index in [-0.39, 0.29) is 0 Å². The van der Waals surface area contributed by atoms with Gasteiger partial charge in [-0.2, -0.15) is 0 Å². The van der Waals surface area contributed by atoms with Gasteiger partial charge in [-0.3, -0.25) is 0 Å². The van der Waals surface area contributed by atoms with Crippen molar-refractivity contribution in [1.29, 1.82) is 0 Å². The van der Waals surface area contributed by atoms with E-state index in [1.807, 2.05) is 24.3 Å². The maximum atomic E-state index is 5.93. The van der Waals surface area contributed by atoms with Crippen molar-refractivity contribution in [2.24, 2.45) is 5.73 Å². The van der Waals surface area contributed by atoms with Gasteiger partial charge in [-0.1, -0.05) is 0 Å². The fraction of sp³-hybridized carbons (Fsp3) is 0.467. The monoisotopic (exact) mass is 273 g/mol. The largest absolute Gasteiger partial charge is 0.490 e. The Hall–Kier alpha value is -1.88. The molecule has 0 bridgehead atoms. The van der Waals surface area contributed by atoms with E-state index in [2.05, 4.69) is 10.2 Å². The summed E-state index contributed by atoms with van der Waals surface area (Å²) in [6.07, 6.45) is 5.85. The highest BCUT2D eigenvalue weighted by atomic mass is 16.5. The summed E-state index contributed by atoms with van der Waals surface area (Å²) >= 11 is 0. The summed E-state index contributed by atoms with van der Waals surface area (Å²) in [5.74, 6) is 2.01. The van der Waals surface area contributed by atoms with Gasteiger partial charge < -0.3 is 14.9 Å². The zero-order valence-corrected chi connectivity index (χ0v) is 11.4. The van der Waals surface area contributed by atoms with Gasteiger partial charge in [0.05, 0.1) is 6.10 Å². The first kappa shape index (κ1) is 13.1. The average molecular weight is 273 g/mol. The predicted octanol–water partition coefficient (Wildman–Crippen LogP) is 2.56. The van der Waals surface area contributed by atoms with Crippen LogP contribution in [0.15, 0.2) is 28.7 Å². The minimum absolute atomic E-state index is 0.375. The fourth-order valence-electron chi connectivity index (χ4n) is 2.47. The fourth-order valence-corrected chi connectivity index (χ4v) is 2.47. The summed E-state index contributed by atoms with van der Waals surface area (Å²) < 4.78 is 11.5. The van der Waals surface area contributed by atoms with Crippen LogP contribution in [0.1, 0.15) is 31.6 Å². The Balaban J connectivity index is 1.68. The van der Waals surface area contributed by atoms with E-state index in [9.17, 15) is 0 Å². The van der Waals surface area contributed by atoms with E-state index in [1.54, 1.807) is 0 Å². The van der Waals surface area contributed by atoms with Crippen LogP contribution in [0.5, 0.6) is 5.75 Å². The van der Waals surface area contributed by atoms with E-state index in [1.165, 1.54) is 12.8 Å². The molecule has 0 unspecified atom stereocenters. The number of nitrogens with zero attached hydrogens (tertiary/aromatic N) is 2. The van der Waals surface area contributed by atoms with Gasteiger partial charge in [-0.25, -0.2) is 0 Å². The predicted molar refractivity (Wildman–Crippen MR) is 75.4 cm³/mol. The van der Waals surface area contributed by atoms with E-state index < -0.39 is 0 Å². The van der Waals surface area contributed by atoms with Crippen LogP contribution in [0, 0.1) is 0 Å². The number of hydrogen-bond donors (Lipinski definition) is 1. The van der Waals surface area contributed by atoms with Crippen LogP contribution >= 0.6 is 0 Å². The number of aromatic nitrogens is 2. The molecular formula is C15H19N3O2. The molecule has 3 rings (SSSR count). The van der Waals surface area contributed by atoms with Crippen molar-refractivity contribution in [2.75, 3.05) is 6.54 Å². The number of ether oxygens (including phenoxy) is 1. The first-order valence-corrected chi connectivity index (χ1v) is 7.14. The Kier molecular flexibility index (Phi) is 3.97. The maximum Gasteiger partial charge on any atom is 0.247 e. The Labute approximate surface area is 118 Å². The van der Waals surface area contributed by atoms with E-state index in [4.69, 9.17) is 14.9 Å². The standard InChI is InChI=1S/C15H19N3O2/c16-10-9-14-17-18-15(20-14)11-5-7-13(8-6-11)19-12-3-1-2-4-12/h5-8,12H,1-4,9-10,16H2. The van der Waals surface area contributed by atoms with Crippen molar-refractivity contribution < 1.29 is 9.15 Å². The van der Waals surface area contributed by atoms with Crippen LogP contribution < -0.4 is 10.5 Å². The first-order valence-electron chi connectivity index (χ1n) is 7.14. The van der Waals surface area contributed by atoms with Gasteiger partial charge >= 0.3 is 0 Å². The van der Waals surface area contributed by atoms with Crippen LogP contribution in [-0.4, -0.2) is 22.8 Å². The third kappa shape index (κ3) is 2.99. The summed E-state index contributed by atoms with van der Waals surface area (Å²) in [6.45, 7) is 0.510. The van der Waals surface area contributed by atoms with Gasteiger partial charge in [0.2, 0.25) is 11.8 Å². The van der Waals surface area contributed by atoms with Crippen LogP contribution in [0.2, 0.25) is 0 Å². The van der Waals surface area contributed by atoms with Crippen molar-refractivity contribution in [3.8, 4) is 17.2 Å². The number of hydrogen-bond acceptors (Lipinski definition) is 5. The molecule has 1 fully saturated rings. The van der Waals surface area contributed by atoms with Crippen molar-refractivity contribution in [3.05, 3.63) is 30.2 Å². The summed E-state index contributed by atoms with van der Waals surface area (Å²) in [5.41, 5.74) is 6.36. The molecule has 1 saturated carbocycles. The lowest BCUT2D eigenvalue weighted by Crippen LogP contribution is -2.10. The molecule has 1 aliphatic carbocycles. The summed E-state index contributed by atoms with van der Waals surface area (Å²) in [5, 5.41) is 7.98. The molecule has 2 N–H and O–H groups in total. The molecule has 20 heavy (non-hydrogen) atoms. The van der Waals surface area contributed by atoms with E-state index in [0.29, 0.717) is 30.9 Å². The number of benzene rings is 1. The van der Waals surface area contributed by atoms with Crippen LogP contribution in [-0.2, 0) is 6.42 Å². The molecule has 2 aromatic rings. The van der Waals surface area contributed by atoms with Crippen LogP contribution in [0.25, 0.3) is 11.5 Å². The maximum absolute atomic E-state index is 5.93. The molecule has 5 heteroatoms. The molecule has 1 heterocycles. The zero-order chi connectivity index (χ0) is 13.8. The molecule has 1 aromatic heterocycles. The molecule has 106 valence electrons. The highest BCUT2D eigenvalue weighted by Crippen LogP contribution is 2.26. The molecular weight excluding hydrogens is 254 g/mol. The number of rotatable bonds is 5. The minimum Gasteiger partial charge on any atom is -0.490 e. The Morgan fingerprint density at radius 2 is 1.90 bits per heavy atom. The molecule has 0 amide bonds. The SMILES string of the molecule is NCCc1nnc(-c2ccc(OC3CCCC3)cc2)o1. The quantitative estimate of drug-likeness (QED) is 0.906. The molecule has 0 saturated heterocycles. The molecule has 1 aliphatic rings. The van der Waals surface area contributed by atoms with Crippen molar-refractivity contribution >= 4 is 0 Å². The van der Waals surface area contributed by atoms with Gasteiger partial charge in [0, 0.05) is 18.5 Å². The third-order valence-electron chi connectivity index (χ3n) is 3.53. The minimum atomic E-state index is 0.375. The number of nitrogens with two attached hydrogens (primary N) is 1. The van der Waals surface area contributed by atoms with Gasteiger partial charge in [0.1, 0.15) is 5.75 Å². The molecule has 0 aliphatic heterocycles. The lowest BCUT2D eigenvalue weighted by molar-refractivity contribution is 0.210. The Morgan fingerprint density at radius 1 is 1.15 bits per heavy atom. The molecule has 0 spiro atoms. The second-order valence-corrected chi connectivity index (χ2v) is 5.09. The van der Waals surface area contributed by atoms with Crippen LogP contribution in [0.4, 0.5) is 0 Å². The summed E-state index contributed by atoms with van der Waals surface area (Å²) in [7, 11) is 0. The van der Waals surface area contributed by atoms with Gasteiger partial charge in [-0.15, -0.1) is 10.2 Å². The Bertz CT molecular complexity index is 545. The Morgan fingerprint density at radius 3 is 2.60 bits per heavy atom. The third-order valence-corrected chi connectivity index (χ3v) is 3.53. The van der Waals surface area contributed by atoms with Gasteiger partial charge in [-0.05, 0) is 49.9 Å². The molecule has 5 nitrogen and oxygen atoms in total. The lowest BCUT2D eigenvalue weighted by Gasteiger charge is -2.12. The van der Waals surface area contributed by atoms with Gasteiger partial charge in [0.15, 0.2) is 0 Å². The first-order chi connectivity index (χ1) is 9.85. The smallest absolute Gasteiger partial charge is 0.247 e. The van der Waals surface area contributed by atoms with E-state index in [0.717, 1.165) is 24.2 Å². The highest BCUT2D eigenvalue weighted by Gasteiger charge is 2.16. The molecule has 0 radical (unpaired) electrons. The van der Waals surface area contributed by atoms with Crippen molar-refractivity contribution in [3.63, 3.8) is 0 Å². The topological polar surface area (TPSA) is 74.2 Å². The second kappa shape index (κ2) is 6.05. The second-order valence-electron chi connectivity index (χ2n) is 5.09. The molecule has 1 aromatic carbocycles. The average Bonchev–Trinajstić information content (AvgIpc) is 3.12. The van der Waals surface area contributed by atoms with Crippen LogP contribution in [0.3, 0.4) is 0 Å². The highest BCUT2D eigenvalue weighted by molar-refractivity contribution is 5.53. The van der Waals surface area contributed by atoms with E-state index >= 15 is 0 Å². The molecule has 0 atom stereocenters. The summed E-state index contributed by atoms with van der Waals surface area (Å²) in [6, 6.07) is 7.81. The summed E-state index contributed by atoms with van der Waals surface area (Å²) in [4.78, 5) is 0. The van der Waals surface area contributed by atoms with Crippen molar-refractivity contribution in [2.45, 2.75) is 38.2 Å².